The van der Waals surface area contributed by atoms with Crippen LogP contribution in [0.15, 0.2) is 24.5 Å². The standard InChI is InChI=1S/C17H23N3O3/c1-13(21)20(15-5-10-23-11-6-15)16-4-9-19(12-16)17(22)14-2-7-18-8-3-14/h2-3,7-8,15-16H,4-6,9-12H2,1H3. The predicted octanol–water partition coefficient (Wildman–Crippen LogP) is 1.32. The van der Waals surface area contributed by atoms with Gasteiger partial charge < -0.3 is 14.5 Å². The highest BCUT2D eigenvalue weighted by atomic mass is 16.5. The van der Waals surface area contributed by atoms with Gasteiger partial charge in [-0.1, -0.05) is 0 Å². The summed E-state index contributed by atoms with van der Waals surface area (Å²) in [7, 11) is 0. The number of pyridine rings is 1. The van der Waals surface area contributed by atoms with Crippen LogP contribution in [-0.2, 0) is 9.53 Å². The molecule has 0 aliphatic carbocycles. The molecule has 3 rings (SSSR count). The Morgan fingerprint density at radius 3 is 2.52 bits per heavy atom. The third kappa shape index (κ3) is 3.52. The predicted molar refractivity (Wildman–Crippen MR) is 84.9 cm³/mol. The quantitative estimate of drug-likeness (QED) is 0.843. The molecule has 0 spiro atoms. The van der Waals surface area contributed by atoms with Gasteiger partial charge in [-0.2, -0.15) is 0 Å². The summed E-state index contributed by atoms with van der Waals surface area (Å²) in [5.41, 5.74) is 0.654. The van der Waals surface area contributed by atoms with Crippen LogP contribution in [0, 0.1) is 0 Å². The largest absolute Gasteiger partial charge is 0.381 e. The molecule has 2 amide bonds. The van der Waals surface area contributed by atoms with Crippen LogP contribution in [0.5, 0.6) is 0 Å². The highest BCUT2D eigenvalue weighted by molar-refractivity contribution is 5.94. The molecule has 2 aliphatic heterocycles. The average Bonchev–Trinajstić information content (AvgIpc) is 3.05. The van der Waals surface area contributed by atoms with Crippen molar-refractivity contribution in [2.75, 3.05) is 26.3 Å². The summed E-state index contributed by atoms with van der Waals surface area (Å²) in [4.78, 5) is 32.5. The smallest absolute Gasteiger partial charge is 0.254 e. The number of hydrogen-bond donors (Lipinski definition) is 0. The molecule has 6 nitrogen and oxygen atoms in total. The monoisotopic (exact) mass is 317 g/mol. The number of likely N-dealkylation sites (tertiary alicyclic amines) is 1. The molecule has 0 aromatic carbocycles. The first kappa shape index (κ1) is 15.9. The molecule has 1 aromatic heterocycles. The highest BCUT2D eigenvalue weighted by Gasteiger charge is 2.36. The Kier molecular flexibility index (Phi) is 4.91. The number of aromatic nitrogens is 1. The third-order valence-electron chi connectivity index (χ3n) is 4.72. The SMILES string of the molecule is CC(=O)N(C1CCOCC1)C1CCN(C(=O)c2ccncc2)C1. The fourth-order valence-corrected chi connectivity index (χ4v) is 3.61. The molecular weight excluding hydrogens is 294 g/mol. The summed E-state index contributed by atoms with van der Waals surface area (Å²) >= 11 is 0. The minimum absolute atomic E-state index is 0.0189. The number of nitrogens with zero attached hydrogens (tertiary/aromatic N) is 3. The topological polar surface area (TPSA) is 62.7 Å². The molecule has 1 atom stereocenters. The van der Waals surface area contributed by atoms with E-state index >= 15 is 0 Å². The van der Waals surface area contributed by atoms with Crippen molar-refractivity contribution < 1.29 is 14.3 Å². The van der Waals surface area contributed by atoms with Crippen LogP contribution in [0.4, 0.5) is 0 Å². The van der Waals surface area contributed by atoms with E-state index in [0.717, 1.165) is 19.3 Å². The number of carbonyl (C=O) groups is 2. The molecule has 2 aliphatic rings. The van der Waals surface area contributed by atoms with E-state index in [4.69, 9.17) is 4.74 Å². The Balaban J connectivity index is 1.67. The summed E-state index contributed by atoms with van der Waals surface area (Å²) in [6, 6.07) is 3.82. The Labute approximate surface area is 136 Å². The Morgan fingerprint density at radius 1 is 1.17 bits per heavy atom. The van der Waals surface area contributed by atoms with Crippen molar-refractivity contribution in [2.45, 2.75) is 38.3 Å². The lowest BCUT2D eigenvalue weighted by atomic mass is 10.0. The molecule has 3 heterocycles. The van der Waals surface area contributed by atoms with E-state index in [1.54, 1.807) is 31.5 Å². The summed E-state index contributed by atoms with van der Waals surface area (Å²) in [5.74, 6) is 0.116. The van der Waals surface area contributed by atoms with Gasteiger partial charge in [-0.25, -0.2) is 0 Å². The van der Waals surface area contributed by atoms with Crippen LogP contribution < -0.4 is 0 Å². The van der Waals surface area contributed by atoms with Crippen molar-refractivity contribution in [3.05, 3.63) is 30.1 Å². The van der Waals surface area contributed by atoms with Crippen molar-refractivity contribution in [1.82, 2.24) is 14.8 Å². The van der Waals surface area contributed by atoms with Gasteiger partial charge >= 0.3 is 0 Å². The summed E-state index contributed by atoms with van der Waals surface area (Å²) < 4.78 is 5.40. The van der Waals surface area contributed by atoms with Gasteiger partial charge in [0.25, 0.3) is 5.91 Å². The number of ether oxygens (including phenoxy) is 1. The number of amides is 2. The molecule has 0 N–H and O–H groups in total. The first-order valence-electron chi connectivity index (χ1n) is 8.23. The van der Waals surface area contributed by atoms with E-state index in [0.29, 0.717) is 31.9 Å². The van der Waals surface area contributed by atoms with Crippen molar-refractivity contribution >= 4 is 11.8 Å². The van der Waals surface area contributed by atoms with Crippen LogP contribution in [0.1, 0.15) is 36.5 Å². The van der Waals surface area contributed by atoms with Gasteiger partial charge in [0.1, 0.15) is 0 Å². The second kappa shape index (κ2) is 7.08. The van der Waals surface area contributed by atoms with E-state index in [1.807, 2.05) is 9.80 Å². The van der Waals surface area contributed by atoms with Crippen molar-refractivity contribution in [3.8, 4) is 0 Å². The van der Waals surface area contributed by atoms with Crippen LogP contribution >= 0.6 is 0 Å². The van der Waals surface area contributed by atoms with Crippen molar-refractivity contribution in [2.24, 2.45) is 0 Å². The first-order valence-corrected chi connectivity index (χ1v) is 8.23. The number of rotatable bonds is 3. The van der Waals surface area contributed by atoms with Crippen LogP contribution in [-0.4, -0.2) is 65.0 Å². The van der Waals surface area contributed by atoms with Gasteiger partial charge in [0.05, 0.1) is 6.04 Å². The first-order chi connectivity index (χ1) is 11.2. The lowest BCUT2D eigenvalue weighted by Crippen LogP contribution is -2.49. The molecule has 2 saturated heterocycles. The molecule has 0 bridgehead atoms. The molecule has 1 aromatic rings. The lowest BCUT2D eigenvalue weighted by Gasteiger charge is -2.37. The zero-order valence-electron chi connectivity index (χ0n) is 13.5. The Morgan fingerprint density at radius 2 is 1.87 bits per heavy atom. The molecule has 1 unspecified atom stereocenters. The summed E-state index contributed by atoms with van der Waals surface area (Å²) in [6.07, 6.45) is 5.87. The molecule has 2 fully saturated rings. The second-order valence-corrected chi connectivity index (χ2v) is 6.20. The van der Waals surface area contributed by atoms with Gasteiger partial charge in [0.15, 0.2) is 0 Å². The van der Waals surface area contributed by atoms with E-state index in [9.17, 15) is 9.59 Å². The van der Waals surface area contributed by atoms with Crippen LogP contribution in [0.2, 0.25) is 0 Å². The Bertz CT molecular complexity index is 557. The van der Waals surface area contributed by atoms with E-state index in [1.165, 1.54) is 0 Å². The fraction of sp³-hybridized carbons (Fsp3) is 0.588. The maximum absolute atomic E-state index is 12.5. The summed E-state index contributed by atoms with van der Waals surface area (Å²) in [5, 5.41) is 0. The fourth-order valence-electron chi connectivity index (χ4n) is 3.61. The molecule has 23 heavy (non-hydrogen) atoms. The van der Waals surface area contributed by atoms with Gasteiger partial charge in [0, 0.05) is 57.2 Å². The van der Waals surface area contributed by atoms with Gasteiger partial charge in [-0.15, -0.1) is 0 Å². The maximum atomic E-state index is 12.5. The van der Waals surface area contributed by atoms with E-state index in [-0.39, 0.29) is 23.9 Å². The molecule has 124 valence electrons. The summed E-state index contributed by atoms with van der Waals surface area (Å²) in [6.45, 7) is 4.35. The minimum Gasteiger partial charge on any atom is -0.381 e. The number of hydrogen-bond acceptors (Lipinski definition) is 4. The van der Waals surface area contributed by atoms with Gasteiger partial charge in [0.2, 0.25) is 5.91 Å². The zero-order valence-corrected chi connectivity index (χ0v) is 13.5. The second-order valence-electron chi connectivity index (χ2n) is 6.20. The van der Waals surface area contributed by atoms with Crippen molar-refractivity contribution in [1.29, 1.82) is 0 Å². The van der Waals surface area contributed by atoms with Gasteiger partial charge in [-0.3, -0.25) is 14.6 Å². The van der Waals surface area contributed by atoms with E-state index in [2.05, 4.69) is 4.98 Å². The molecule has 0 saturated carbocycles. The molecule has 0 radical (unpaired) electrons. The highest BCUT2D eigenvalue weighted by Crippen LogP contribution is 2.24. The average molecular weight is 317 g/mol. The maximum Gasteiger partial charge on any atom is 0.254 e. The lowest BCUT2D eigenvalue weighted by molar-refractivity contribution is -0.135. The number of carbonyl (C=O) groups excluding carboxylic acids is 2. The zero-order chi connectivity index (χ0) is 16.2. The van der Waals surface area contributed by atoms with Gasteiger partial charge in [-0.05, 0) is 31.4 Å². The molecule has 6 heteroatoms. The third-order valence-corrected chi connectivity index (χ3v) is 4.72. The Hall–Kier alpha value is -1.95. The minimum atomic E-state index is 0.0189. The van der Waals surface area contributed by atoms with Crippen LogP contribution in [0.25, 0.3) is 0 Å². The van der Waals surface area contributed by atoms with Crippen LogP contribution in [0.3, 0.4) is 0 Å². The normalized spacial score (nSPS) is 22.1. The molecular formula is C17H23N3O3. The van der Waals surface area contributed by atoms with E-state index < -0.39 is 0 Å². The van der Waals surface area contributed by atoms with Crippen molar-refractivity contribution in [3.63, 3.8) is 0 Å².